The molecule has 126 valence electrons. The fourth-order valence-corrected chi connectivity index (χ4v) is 2.99. The van der Waals surface area contributed by atoms with Crippen LogP contribution in [0.3, 0.4) is 0 Å². The number of nitrogens with zero attached hydrogens (tertiary/aromatic N) is 4. The summed E-state index contributed by atoms with van der Waals surface area (Å²) in [5, 5.41) is 2.86. The third-order valence-corrected chi connectivity index (χ3v) is 4.19. The molecule has 1 aliphatic heterocycles. The number of carbonyl (C=O) groups excluding carboxylic acids is 1. The second-order valence-corrected chi connectivity index (χ2v) is 5.86. The molecule has 0 saturated carbocycles. The standard InChI is InChI=1S/C18H23N5O/c1-3-19-18(24)16-5-4-7-21-17(16)23-11-9-22(10-12-23)15-6-8-20-14(2)13-15/h4-8,13H,3,9-12H2,1-2H3,(H,19,24). The largest absolute Gasteiger partial charge is 0.368 e. The lowest BCUT2D eigenvalue weighted by molar-refractivity contribution is 0.0956. The average molecular weight is 325 g/mol. The number of rotatable bonds is 4. The van der Waals surface area contributed by atoms with Crippen molar-refractivity contribution in [1.29, 1.82) is 0 Å². The number of amides is 1. The first kappa shape index (κ1) is 16.2. The lowest BCUT2D eigenvalue weighted by atomic mass is 10.2. The molecule has 0 radical (unpaired) electrons. The van der Waals surface area contributed by atoms with Gasteiger partial charge < -0.3 is 15.1 Å². The summed E-state index contributed by atoms with van der Waals surface area (Å²) >= 11 is 0. The molecular formula is C18H23N5O. The van der Waals surface area contributed by atoms with Gasteiger partial charge in [-0.25, -0.2) is 4.98 Å². The predicted molar refractivity (Wildman–Crippen MR) is 95.6 cm³/mol. The van der Waals surface area contributed by atoms with Crippen molar-refractivity contribution < 1.29 is 4.79 Å². The van der Waals surface area contributed by atoms with Gasteiger partial charge in [0.1, 0.15) is 5.82 Å². The summed E-state index contributed by atoms with van der Waals surface area (Å²) in [6.07, 6.45) is 3.60. The summed E-state index contributed by atoms with van der Waals surface area (Å²) in [6, 6.07) is 7.80. The van der Waals surface area contributed by atoms with Crippen LogP contribution in [0.4, 0.5) is 11.5 Å². The number of anilines is 2. The van der Waals surface area contributed by atoms with Crippen LogP contribution in [-0.4, -0.2) is 48.6 Å². The van der Waals surface area contributed by atoms with Crippen LogP contribution in [-0.2, 0) is 0 Å². The topological polar surface area (TPSA) is 61.4 Å². The van der Waals surface area contributed by atoms with Gasteiger partial charge in [-0.2, -0.15) is 0 Å². The Morgan fingerprint density at radius 1 is 1.12 bits per heavy atom. The lowest BCUT2D eigenvalue weighted by Crippen LogP contribution is -2.47. The van der Waals surface area contributed by atoms with E-state index in [4.69, 9.17) is 0 Å². The van der Waals surface area contributed by atoms with E-state index in [0.29, 0.717) is 12.1 Å². The summed E-state index contributed by atoms with van der Waals surface area (Å²) in [7, 11) is 0. The Hall–Kier alpha value is -2.63. The zero-order chi connectivity index (χ0) is 16.9. The van der Waals surface area contributed by atoms with Crippen molar-refractivity contribution in [2.75, 3.05) is 42.5 Å². The van der Waals surface area contributed by atoms with Crippen molar-refractivity contribution >= 4 is 17.4 Å². The normalized spacial score (nSPS) is 14.6. The zero-order valence-electron chi connectivity index (χ0n) is 14.2. The molecule has 0 aromatic carbocycles. The molecule has 0 atom stereocenters. The molecule has 1 saturated heterocycles. The first-order valence-electron chi connectivity index (χ1n) is 8.35. The van der Waals surface area contributed by atoms with E-state index in [2.05, 4.69) is 31.2 Å². The maximum absolute atomic E-state index is 12.2. The molecule has 1 amide bonds. The molecule has 2 aromatic rings. The van der Waals surface area contributed by atoms with Gasteiger partial charge in [0, 0.05) is 56.5 Å². The van der Waals surface area contributed by atoms with Gasteiger partial charge in [0.05, 0.1) is 5.56 Å². The smallest absolute Gasteiger partial charge is 0.255 e. The molecule has 0 aliphatic carbocycles. The Labute approximate surface area is 142 Å². The molecular weight excluding hydrogens is 302 g/mol. The highest BCUT2D eigenvalue weighted by Crippen LogP contribution is 2.22. The Morgan fingerprint density at radius 3 is 2.58 bits per heavy atom. The summed E-state index contributed by atoms with van der Waals surface area (Å²) in [6.45, 7) is 8.01. The minimum absolute atomic E-state index is 0.0622. The number of piperazine rings is 1. The fraction of sp³-hybridized carbons (Fsp3) is 0.389. The number of hydrogen-bond acceptors (Lipinski definition) is 5. The fourth-order valence-electron chi connectivity index (χ4n) is 2.99. The van der Waals surface area contributed by atoms with E-state index in [0.717, 1.165) is 37.7 Å². The summed E-state index contributed by atoms with van der Waals surface area (Å²) < 4.78 is 0. The highest BCUT2D eigenvalue weighted by atomic mass is 16.1. The Kier molecular flexibility index (Phi) is 4.93. The number of aryl methyl sites for hydroxylation is 1. The van der Waals surface area contributed by atoms with E-state index in [1.807, 2.05) is 38.2 Å². The Bertz CT molecular complexity index is 710. The van der Waals surface area contributed by atoms with Gasteiger partial charge in [0.25, 0.3) is 5.91 Å². The van der Waals surface area contributed by atoms with E-state index in [1.165, 1.54) is 5.69 Å². The third kappa shape index (κ3) is 3.48. The van der Waals surface area contributed by atoms with Crippen molar-refractivity contribution in [2.45, 2.75) is 13.8 Å². The van der Waals surface area contributed by atoms with Crippen LogP contribution in [0.2, 0.25) is 0 Å². The number of aromatic nitrogens is 2. The minimum atomic E-state index is -0.0622. The maximum atomic E-state index is 12.2. The summed E-state index contributed by atoms with van der Waals surface area (Å²) in [5.41, 5.74) is 2.87. The van der Waals surface area contributed by atoms with E-state index < -0.39 is 0 Å². The van der Waals surface area contributed by atoms with Gasteiger partial charge in [-0.15, -0.1) is 0 Å². The molecule has 6 nitrogen and oxygen atoms in total. The van der Waals surface area contributed by atoms with E-state index in [9.17, 15) is 4.79 Å². The van der Waals surface area contributed by atoms with Crippen molar-refractivity contribution in [3.8, 4) is 0 Å². The molecule has 3 heterocycles. The zero-order valence-corrected chi connectivity index (χ0v) is 14.2. The predicted octanol–water partition coefficient (Wildman–Crippen LogP) is 1.86. The summed E-state index contributed by atoms with van der Waals surface area (Å²) in [4.78, 5) is 25.5. The minimum Gasteiger partial charge on any atom is -0.368 e. The highest BCUT2D eigenvalue weighted by Gasteiger charge is 2.22. The van der Waals surface area contributed by atoms with Gasteiger partial charge in [0.15, 0.2) is 0 Å². The maximum Gasteiger partial charge on any atom is 0.255 e. The van der Waals surface area contributed by atoms with E-state index >= 15 is 0 Å². The molecule has 2 aromatic heterocycles. The second-order valence-electron chi connectivity index (χ2n) is 5.86. The van der Waals surface area contributed by atoms with Gasteiger partial charge in [-0.05, 0) is 38.1 Å². The molecule has 6 heteroatoms. The van der Waals surface area contributed by atoms with E-state index in [1.54, 1.807) is 6.20 Å². The lowest BCUT2D eigenvalue weighted by Gasteiger charge is -2.37. The molecule has 0 unspecified atom stereocenters. The molecule has 0 spiro atoms. The molecule has 24 heavy (non-hydrogen) atoms. The average Bonchev–Trinajstić information content (AvgIpc) is 2.62. The van der Waals surface area contributed by atoms with Crippen LogP contribution in [0, 0.1) is 6.92 Å². The third-order valence-electron chi connectivity index (χ3n) is 4.19. The molecule has 3 rings (SSSR count). The molecule has 0 bridgehead atoms. The first-order valence-corrected chi connectivity index (χ1v) is 8.35. The second kappa shape index (κ2) is 7.29. The number of nitrogens with one attached hydrogen (secondary N) is 1. The van der Waals surface area contributed by atoms with E-state index in [-0.39, 0.29) is 5.91 Å². The van der Waals surface area contributed by atoms with Crippen LogP contribution >= 0.6 is 0 Å². The number of pyridine rings is 2. The van der Waals surface area contributed by atoms with Crippen LogP contribution in [0.15, 0.2) is 36.7 Å². The molecule has 1 aliphatic rings. The number of carbonyl (C=O) groups is 1. The van der Waals surface area contributed by atoms with Gasteiger partial charge in [0.2, 0.25) is 0 Å². The van der Waals surface area contributed by atoms with Crippen molar-refractivity contribution in [3.05, 3.63) is 47.9 Å². The Morgan fingerprint density at radius 2 is 1.88 bits per heavy atom. The van der Waals surface area contributed by atoms with Crippen LogP contribution < -0.4 is 15.1 Å². The van der Waals surface area contributed by atoms with Gasteiger partial charge in [-0.1, -0.05) is 0 Å². The SMILES string of the molecule is CCNC(=O)c1cccnc1N1CCN(c2ccnc(C)c2)CC1. The molecule has 1 fully saturated rings. The van der Waals surface area contributed by atoms with Crippen LogP contribution in [0.5, 0.6) is 0 Å². The monoisotopic (exact) mass is 325 g/mol. The summed E-state index contributed by atoms with van der Waals surface area (Å²) in [5.74, 6) is 0.710. The van der Waals surface area contributed by atoms with Crippen LogP contribution in [0.1, 0.15) is 23.0 Å². The first-order chi connectivity index (χ1) is 11.7. The van der Waals surface area contributed by atoms with Gasteiger partial charge >= 0.3 is 0 Å². The van der Waals surface area contributed by atoms with Crippen molar-refractivity contribution in [3.63, 3.8) is 0 Å². The highest BCUT2D eigenvalue weighted by molar-refractivity contribution is 5.98. The molecule has 1 N–H and O–H groups in total. The number of hydrogen-bond donors (Lipinski definition) is 1. The Balaban J connectivity index is 1.72. The quantitative estimate of drug-likeness (QED) is 0.930. The van der Waals surface area contributed by atoms with Crippen molar-refractivity contribution in [2.24, 2.45) is 0 Å². The van der Waals surface area contributed by atoms with Crippen LogP contribution in [0.25, 0.3) is 0 Å². The van der Waals surface area contributed by atoms with Crippen molar-refractivity contribution in [1.82, 2.24) is 15.3 Å². The van der Waals surface area contributed by atoms with Gasteiger partial charge in [-0.3, -0.25) is 9.78 Å².